The first-order valence-corrected chi connectivity index (χ1v) is 11.6. The van der Waals surface area contributed by atoms with E-state index in [1.54, 1.807) is 12.3 Å². The van der Waals surface area contributed by atoms with Crippen molar-refractivity contribution < 1.29 is 17.9 Å². The van der Waals surface area contributed by atoms with E-state index in [0.29, 0.717) is 28.6 Å². The molecular weight excluding hydrogens is 471 g/mol. The third-order valence-electron chi connectivity index (χ3n) is 6.59. The van der Waals surface area contributed by atoms with Crippen LogP contribution in [0.25, 0.3) is 5.65 Å². The zero-order valence-corrected chi connectivity index (χ0v) is 19.5. The summed E-state index contributed by atoms with van der Waals surface area (Å²) < 4.78 is 44.6. The van der Waals surface area contributed by atoms with Gasteiger partial charge >= 0.3 is 6.18 Å². The zero-order valence-electron chi connectivity index (χ0n) is 18.8. The fourth-order valence-electron chi connectivity index (χ4n) is 5.06. The molecule has 2 aliphatic rings. The Morgan fingerprint density at radius 3 is 2.59 bits per heavy atom. The minimum Gasteiger partial charge on any atom is -0.468 e. The fraction of sp³-hybridized carbons (Fsp3) is 0.545. The van der Waals surface area contributed by atoms with Crippen LogP contribution in [-0.4, -0.2) is 56.7 Å². The molecule has 3 aromatic rings. The maximum atomic E-state index is 12.7. The molecule has 0 unspecified atom stereocenters. The third-order valence-corrected chi connectivity index (χ3v) is 6.77. The van der Waals surface area contributed by atoms with Gasteiger partial charge in [0.2, 0.25) is 11.8 Å². The largest absolute Gasteiger partial charge is 0.468 e. The molecule has 2 fully saturated rings. The van der Waals surface area contributed by atoms with Crippen molar-refractivity contribution in [3.05, 3.63) is 35.1 Å². The number of pyridine rings is 1. The Balaban J connectivity index is 1.38. The highest BCUT2D eigenvalue weighted by atomic mass is 35.5. The van der Waals surface area contributed by atoms with Gasteiger partial charge in [-0.2, -0.15) is 27.8 Å². The van der Waals surface area contributed by atoms with E-state index in [4.69, 9.17) is 16.3 Å². The van der Waals surface area contributed by atoms with E-state index in [2.05, 4.69) is 30.5 Å². The average molecular weight is 496 g/mol. The first kappa shape index (κ1) is 22.9. The van der Waals surface area contributed by atoms with Crippen LogP contribution >= 0.6 is 11.6 Å². The summed E-state index contributed by atoms with van der Waals surface area (Å²) in [5.74, 6) is 1.26. The Hall–Kier alpha value is -2.82. The summed E-state index contributed by atoms with van der Waals surface area (Å²) in [4.78, 5) is 6.92. The lowest BCUT2D eigenvalue weighted by Crippen LogP contribution is -2.48. The number of halogens is 4. The number of hydrogen-bond donors (Lipinski definition) is 1. The van der Waals surface area contributed by atoms with E-state index in [1.165, 1.54) is 10.6 Å². The first-order valence-electron chi connectivity index (χ1n) is 11.3. The Bertz CT molecular complexity index is 1170. The van der Waals surface area contributed by atoms with Crippen molar-refractivity contribution in [3.63, 3.8) is 0 Å². The summed E-state index contributed by atoms with van der Waals surface area (Å²) in [5.41, 5.74) is 2.34. The van der Waals surface area contributed by atoms with Crippen LogP contribution in [0.2, 0.25) is 5.15 Å². The summed E-state index contributed by atoms with van der Waals surface area (Å²) in [6, 6.07) is 5.26. The van der Waals surface area contributed by atoms with E-state index < -0.39 is 12.8 Å². The quantitative estimate of drug-likeness (QED) is 0.536. The molecule has 4 heterocycles. The van der Waals surface area contributed by atoms with Gasteiger partial charge in [-0.15, -0.1) is 10.2 Å². The number of nitrogens with one attached hydrogen (secondary N) is 1. The highest BCUT2D eigenvalue weighted by Crippen LogP contribution is 2.40. The molecule has 8 nitrogen and oxygen atoms in total. The zero-order chi connectivity index (χ0) is 24.0. The molecule has 1 saturated heterocycles. The number of ether oxygens (including phenoxy) is 1. The second-order valence-corrected chi connectivity index (χ2v) is 9.65. The van der Waals surface area contributed by atoms with Gasteiger partial charge in [0.15, 0.2) is 17.4 Å². The van der Waals surface area contributed by atoms with Crippen LogP contribution in [0.3, 0.4) is 0 Å². The van der Waals surface area contributed by atoms with Crippen molar-refractivity contribution in [3.8, 4) is 5.88 Å². The van der Waals surface area contributed by atoms with Crippen molar-refractivity contribution in [2.75, 3.05) is 29.9 Å². The fourth-order valence-corrected chi connectivity index (χ4v) is 5.21. The van der Waals surface area contributed by atoms with E-state index in [0.717, 1.165) is 37.2 Å². The Morgan fingerprint density at radius 1 is 1.21 bits per heavy atom. The minimum absolute atomic E-state index is 0.0112. The normalized spacial score (nSPS) is 22.6. The first-order chi connectivity index (χ1) is 16.2. The molecule has 1 aliphatic carbocycles. The van der Waals surface area contributed by atoms with Crippen molar-refractivity contribution in [1.82, 2.24) is 24.8 Å². The van der Waals surface area contributed by atoms with Crippen molar-refractivity contribution in [1.29, 1.82) is 0 Å². The van der Waals surface area contributed by atoms with Crippen LogP contribution < -0.4 is 15.0 Å². The van der Waals surface area contributed by atoms with Gasteiger partial charge in [0.25, 0.3) is 0 Å². The molecule has 34 heavy (non-hydrogen) atoms. The molecule has 1 N–H and O–H groups in total. The minimum atomic E-state index is -4.44. The number of alkyl halides is 3. The van der Waals surface area contributed by atoms with Gasteiger partial charge in [-0.3, -0.25) is 0 Å². The molecule has 3 aromatic heterocycles. The average Bonchev–Trinajstić information content (AvgIpc) is 3.28. The van der Waals surface area contributed by atoms with Crippen LogP contribution in [0.4, 0.5) is 24.8 Å². The molecule has 182 valence electrons. The van der Waals surface area contributed by atoms with Gasteiger partial charge in [0.1, 0.15) is 0 Å². The predicted octanol–water partition coefficient (Wildman–Crippen LogP) is 4.56. The van der Waals surface area contributed by atoms with Crippen molar-refractivity contribution >= 4 is 28.9 Å². The van der Waals surface area contributed by atoms with Crippen LogP contribution in [0.5, 0.6) is 5.88 Å². The summed E-state index contributed by atoms with van der Waals surface area (Å²) in [5, 5.41) is 16.1. The van der Waals surface area contributed by atoms with Crippen molar-refractivity contribution in [2.45, 2.75) is 44.8 Å². The molecule has 0 radical (unpaired) electrons. The molecule has 1 saturated carbocycles. The number of piperidine rings is 1. The summed E-state index contributed by atoms with van der Waals surface area (Å²) >= 11 is 6.02. The van der Waals surface area contributed by atoms with Gasteiger partial charge in [-0.05, 0) is 42.2 Å². The molecule has 12 heteroatoms. The molecular formula is C22H25ClF3N7O. The van der Waals surface area contributed by atoms with E-state index in [-0.39, 0.29) is 17.8 Å². The summed E-state index contributed by atoms with van der Waals surface area (Å²) in [6.45, 7) is 4.29. The monoisotopic (exact) mass is 495 g/mol. The van der Waals surface area contributed by atoms with Crippen LogP contribution in [0.1, 0.15) is 38.2 Å². The van der Waals surface area contributed by atoms with Crippen LogP contribution in [0, 0.1) is 11.8 Å². The lowest BCUT2D eigenvalue weighted by molar-refractivity contribution is -0.154. The number of aromatic nitrogens is 5. The Labute approximate surface area is 199 Å². The molecule has 2 bridgehead atoms. The smallest absolute Gasteiger partial charge is 0.422 e. The lowest BCUT2D eigenvalue weighted by Gasteiger charge is -2.39. The third kappa shape index (κ3) is 4.57. The molecule has 1 aliphatic heterocycles. The van der Waals surface area contributed by atoms with E-state index >= 15 is 0 Å². The Morgan fingerprint density at radius 2 is 1.94 bits per heavy atom. The number of anilines is 2. The van der Waals surface area contributed by atoms with Crippen molar-refractivity contribution in [2.24, 2.45) is 11.8 Å². The van der Waals surface area contributed by atoms with Gasteiger partial charge in [-0.1, -0.05) is 25.4 Å². The molecule has 3 atom stereocenters. The van der Waals surface area contributed by atoms with Crippen LogP contribution in [0.15, 0.2) is 24.4 Å². The second-order valence-electron chi connectivity index (χ2n) is 9.27. The molecule has 0 aromatic carbocycles. The molecule has 0 amide bonds. The lowest BCUT2D eigenvalue weighted by atomic mass is 9.92. The number of rotatable bonds is 6. The second kappa shape index (κ2) is 8.75. The molecule has 5 rings (SSSR count). The topological polar surface area (TPSA) is 80.5 Å². The number of hydrogen-bond acceptors (Lipinski definition) is 7. The maximum absolute atomic E-state index is 12.7. The van der Waals surface area contributed by atoms with E-state index in [1.807, 2.05) is 19.9 Å². The highest BCUT2D eigenvalue weighted by Gasteiger charge is 2.42. The highest BCUT2D eigenvalue weighted by molar-refractivity contribution is 6.29. The standard InChI is InChI=1S/C22H25ClF3N7O/c1-12(2)16-5-6-18(34-11-22(24,25)26)33-20(16)29-21(31-33)28-19-13-3-4-14(19)10-32(9-13)15-7-17(23)30-27-8-15/h5-8,12-14,19H,3-4,9-11H2,1-2H3,(H,28,31)/t13-,14+,19-. The molecule has 0 spiro atoms. The van der Waals surface area contributed by atoms with Gasteiger partial charge < -0.3 is 15.0 Å². The number of nitrogens with zero attached hydrogens (tertiary/aromatic N) is 6. The van der Waals surface area contributed by atoms with Gasteiger partial charge in [0.05, 0.1) is 11.9 Å². The maximum Gasteiger partial charge on any atom is 0.422 e. The summed E-state index contributed by atoms with van der Waals surface area (Å²) in [6.07, 6.45) is -0.587. The SMILES string of the molecule is CC(C)c1ccc(OCC(F)(F)F)n2nc(N[C@@H]3[C@@H]4CC[C@H]3CN(c3cnnc(Cl)c3)C4)nc12. The van der Waals surface area contributed by atoms with Crippen LogP contribution in [-0.2, 0) is 0 Å². The summed E-state index contributed by atoms with van der Waals surface area (Å²) in [7, 11) is 0. The number of fused-ring (bicyclic) bond motifs is 3. The van der Waals surface area contributed by atoms with E-state index in [9.17, 15) is 13.2 Å². The van der Waals surface area contributed by atoms with Gasteiger partial charge in [-0.25, -0.2) is 0 Å². The predicted molar refractivity (Wildman–Crippen MR) is 122 cm³/mol. The van der Waals surface area contributed by atoms with Gasteiger partial charge in [0, 0.05) is 31.3 Å². The Kier molecular flexibility index (Phi) is 5.91.